The van der Waals surface area contributed by atoms with Crippen LogP contribution in [0.3, 0.4) is 0 Å². The Balaban J connectivity index is 1.28. The molecule has 0 spiro atoms. The molecule has 3 aromatic carbocycles. The third-order valence-electron chi connectivity index (χ3n) is 4.05. The highest BCUT2D eigenvalue weighted by Gasteiger charge is 2.09. The number of nitrogens with zero attached hydrogens (tertiary/aromatic N) is 2. The maximum Gasteiger partial charge on any atom is 0.234 e. The lowest BCUT2D eigenvalue weighted by atomic mass is 10.1. The lowest BCUT2D eigenvalue weighted by molar-refractivity contribution is -0.113. The summed E-state index contributed by atoms with van der Waals surface area (Å²) in [5.41, 5.74) is 1.98. The van der Waals surface area contributed by atoms with Crippen molar-refractivity contribution in [3.63, 3.8) is 0 Å². The van der Waals surface area contributed by atoms with Gasteiger partial charge in [0.25, 0.3) is 0 Å². The number of rotatable bonds is 7. The third kappa shape index (κ3) is 4.88. The summed E-state index contributed by atoms with van der Waals surface area (Å²) in [6, 6.07) is 24.1. The van der Waals surface area contributed by atoms with Gasteiger partial charge in [-0.1, -0.05) is 83.8 Å². The van der Waals surface area contributed by atoms with Gasteiger partial charge in [-0.2, -0.15) is 0 Å². The van der Waals surface area contributed by atoms with Gasteiger partial charge in [-0.05, 0) is 28.5 Å². The van der Waals surface area contributed by atoms with Crippen LogP contribution in [0.25, 0.3) is 10.8 Å². The van der Waals surface area contributed by atoms with Crippen molar-refractivity contribution in [2.45, 2.75) is 10.9 Å². The summed E-state index contributed by atoms with van der Waals surface area (Å²) in [4.78, 5) is 12.2. The summed E-state index contributed by atoms with van der Waals surface area (Å²) >= 11 is 2.84. The lowest BCUT2D eigenvalue weighted by Gasteiger charge is -2.05. The van der Waals surface area contributed by atoms with Crippen molar-refractivity contribution < 1.29 is 4.79 Å². The average Bonchev–Trinajstić information content (AvgIpc) is 3.19. The molecule has 0 aliphatic rings. The summed E-state index contributed by atoms with van der Waals surface area (Å²) in [5.74, 6) is 0.231. The van der Waals surface area contributed by atoms with Gasteiger partial charge in [-0.3, -0.25) is 4.79 Å². The number of fused-ring (bicyclic) bond motifs is 1. The Morgan fingerprint density at radius 2 is 1.71 bits per heavy atom. The zero-order chi connectivity index (χ0) is 19.2. The van der Waals surface area contributed by atoms with Crippen LogP contribution in [0.5, 0.6) is 0 Å². The van der Waals surface area contributed by atoms with Crippen molar-refractivity contribution in [2.75, 3.05) is 16.4 Å². The predicted octanol–water partition coefficient (Wildman–Crippen LogP) is 5.03. The Kier molecular flexibility index (Phi) is 5.84. The zero-order valence-electron chi connectivity index (χ0n) is 15.0. The van der Waals surface area contributed by atoms with Gasteiger partial charge >= 0.3 is 0 Å². The summed E-state index contributed by atoms with van der Waals surface area (Å²) in [6.45, 7) is 0.697. The van der Waals surface area contributed by atoms with Gasteiger partial charge in [0.1, 0.15) is 0 Å². The Labute approximate surface area is 171 Å². The van der Waals surface area contributed by atoms with Gasteiger partial charge in [-0.25, -0.2) is 0 Å². The van der Waals surface area contributed by atoms with Crippen molar-refractivity contribution in [1.82, 2.24) is 10.2 Å². The first-order chi connectivity index (χ1) is 13.8. The third-order valence-corrected chi connectivity index (χ3v) is 6.07. The average molecular weight is 407 g/mol. The minimum Gasteiger partial charge on any atom is -0.356 e. The van der Waals surface area contributed by atoms with Gasteiger partial charge in [-0.15, -0.1) is 10.2 Å². The molecule has 7 heteroatoms. The molecule has 0 aliphatic heterocycles. The van der Waals surface area contributed by atoms with Crippen molar-refractivity contribution >= 4 is 50.6 Å². The van der Waals surface area contributed by atoms with E-state index in [9.17, 15) is 4.79 Å². The fourth-order valence-corrected chi connectivity index (χ4v) is 4.25. The van der Waals surface area contributed by atoms with Crippen LogP contribution in [0.1, 0.15) is 5.56 Å². The Morgan fingerprint density at radius 3 is 2.57 bits per heavy atom. The molecule has 0 saturated carbocycles. The number of amides is 1. The number of aromatic nitrogens is 2. The number of hydrogen-bond acceptors (Lipinski definition) is 6. The molecule has 5 nitrogen and oxygen atoms in total. The molecule has 2 N–H and O–H groups in total. The van der Waals surface area contributed by atoms with E-state index in [0.29, 0.717) is 12.3 Å². The first-order valence-electron chi connectivity index (χ1n) is 8.79. The SMILES string of the molecule is O=C(CSc1nnc(NCc2ccccc2)s1)Nc1ccc2ccccc2c1. The molecular weight excluding hydrogens is 388 g/mol. The number of hydrogen-bond donors (Lipinski definition) is 2. The van der Waals surface area contributed by atoms with Gasteiger partial charge in [0.2, 0.25) is 11.0 Å². The quantitative estimate of drug-likeness (QED) is 0.421. The van der Waals surface area contributed by atoms with E-state index in [2.05, 4.69) is 39.0 Å². The van der Waals surface area contributed by atoms with E-state index in [-0.39, 0.29) is 5.91 Å². The Bertz CT molecular complexity index is 1080. The fourth-order valence-electron chi connectivity index (χ4n) is 2.70. The van der Waals surface area contributed by atoms with E-state index < -0.39 is 0 Å². The molecule has 1 aromatic heterocycles. The highest BCUT2D eigenvalue weighted by Crippen LogP contribution is 2.26. The molecule has 0 aliphatic carbocycles. The zero-order valence-corrected chi connectivity index (χ0v) is 16.6. The summed E-state index contributed by atoms with van der Waals surface area (Å²) in [7, 11) is 0. The lowest BCUT2D eigenvalue weighted by Crippen LogP contribution is -2.13. The number of nitrogens with one attached hydrogen (secondary N) is 2. The highest BCUT2D eigenvalue weighted by molar-refractivity contribution is 8.01. The standard InChI is InChI=1S/C21H18N4OS2/c26-19(23-18-11-10-16-8-4-5-9-17(16)12-18)14-27-21-25-24-20(28-21)22-13-15-6-2-1-3-7-15/h1-12H,13-14H2,(H,22,24)(H,23,26). The van der Waals surface area contributed by atoms with Crippen molar-refractivity contribution in [2.24, 2.45) is 0 Å². The Morgan fingerprint density at radius 1 is 0.929 bits per heavy atom. The van der Waals surface area contributed by atoms with Crippen molar-refractivity contribution in [3.8, 4) is 0 Å². The molecule has 4 aromatic rings. The van der Waals surface area contributed by atoms with Crippen LogP contribution in [0, 0.1) is 0 Å². The predicted molar refractivity (Wildman–Crippen MR) is 117 cm³/mol. The first kappa shape index (κ1) is 18.5. The topological polar surface area (TPSA) is 66.9 Å². The molecule has 140 valence electrons. The number of thioether (sulfide) groups is 1. The molecule has 1 heterocycles. The molecule has 1 amide bonds. The monoisotopic (exact) mass is 406 g/mol. The van der Waals surface area contributed by atoms with Crippen LogP contribution in [-0.2, 0) is 11.3 Å². The van der Waals surface area contributed by atoms with Gasteiger partial charge in [0.15, 0.2) is 4.34 Å². The molecule has 0 saturated heterocycles. The first-order valence-corrected chi connectivity index (χ1v) is 10.6. The molecule has 28 heavy (non-hydrogen) atoms. The van der Waals surface area contributed by atoms with Crippen LogP contribution in [0.15, 0.2) is 77.1 Å². The van der Waals surface area contributed by atoms with Crippen molar-refractivity contribution in [1.29, 1.82) is 0 Å². The van der Waals surface area contributed by atoms with E-state index >= 15 is 0 Å². The fraction of sp³-hybridized carbons (Fsp3) is 0.0952. The van der Waals surface area contributed by atoms with Crippen LogP contribution in [0.4, 0.5) is 10.8 Å². The highest BCUT2D eigenvalue weighted by atomic mass is 32.2. The maximum absolute atomic E-state index is 12.2. The van der Waals surface area contributed by atoms with Crippen LogP contribution >= 0.6 is 23.1 Å². The van der Waals surface area contributed by atoms with E-state index in [4.69, 9.17) is 0 Å². The number of carbonyl (C=O) groups is 1. The van der Waals surface area contributed by atoms with Crippen LogP contribution in [-0.4, -0.2) is 21.9 Å². The second-order valence-electron chi connectivity index (χ2n) is 6.11. The second kappa shape index (κ2) is 8.86. The van der Waals surface area contributed by atoms with Crippen LogP contribution in [0.2, 0.25) is 0 Å². The van der Waals surface area contributed by atoms with Gasteiger partial charge in [0.05, 0.1) is 5.75 Å². The number of benzene rings is 3. The summed E-state index contributed by atoms with van der Waals surface area (Å²) in [6.07, 6.45) is 0. The maximum atomic E-state index is 12.2. The minimum atomic E-state index is -0.0609. The van der Waals surface area contributed by atoms with E-state index in [1.807, 2.05) is 54.6 Å². The molecule has 0 atom stereocenters. The molecular formula is C21H18N4OS2. The molecule has 4 rings (SSSR count). The van der Waals surface area contributed by atoms with Gasteiger partial charge in [0, 0.05) is 12.2 Å². The summed E-state index contributed by atoms with van der Waals surface area (Å²) < 4.78 is 0.768. The Hall–Kier alpha value is -2.90. The second-order valence-corrected chi connectivity index (χ2v) is 8.31. The molecule has 0 bridgehead atoms. The van der Waals surface area contributed by atoms with Crippen LogP contribution < -0.4 is 10.6 Å². The smallest absolute Gasteiger partial charge is 0.234 e. The minimum absolute atomic E-state index is 0.0609. The largest absolute Gasteiger partial charge is 0.356 e. The van der Waals surface area contributed by atoms with E-state index in [1.54, 1.807) is 0 Å². The number of anilines is 2. The van der Waals surface area contributed by atoms with Gasteiger partial charge < -0.3 is 10.6 Å². The molecule has 0 fully saturated rings. The van der Waals surface area contributed by atoms with E-state index in [0.717, 1.165) is 25.9 Å². The molecule has 0 unspecified atom stereocenters. The van der Waals surface area contributed by atoms with Crippen molar-refractivity contribution in [3.05, 3.63) is 78.4 Å². The summed E-state index contributed by atoms with van der Waals surface area (Å²) in [5, 5.41) is 17.5. The van der Waals surface area contributed by atoms with E-state index in [1.165, 1.54) is 28.7 Å². The molecule has 0 radical (unpaired) electrons. The normalized spacial score (nSPS) is 10.7. The number of carbonyl (C=O) groups excluding carboxylic acids is 1.